The van der Waals surface area contributed by atoms with Crippen LogP contribution in [-0.2, 0) is 19.6 Å². The first-order valence-corrected chi connectivity index (χ1v) is 16.9. The molecule has 1 N–H and O–H groups in total. The van der Waals surface area contributed by atoms with E-state index in [0.717, 1.165) is 12.8 Å². The summed E-state index contributed by atoms with van der Waals surface area (Å²) in [4.78, 5) is 27.8. The molecule has 42 heavy (non-hydrogen) atoms. The van der Waals surface area contributed by atoms with Crippen LogP contribution >= 0.6 is 0 Å². The zero-order valence-corrected chi connectivity index (χ0v) is 26.7. The van der Waals surface area contributed by atoms with Gasteiger partial charge in [0.05, 0.1) is 5.57 Å². The lowest BCUT2D eigenvalue weighted by atomic mass is 9.32. The van der Waals surface area contributed by atoms with E-state index in [1.165, 1.54) is 0 Å². The second kappa shape index (κ2) is 9.15. The Kier molecular flexibility index (Phi) is 6.91. The van der Waals surface area contributed by atoms with Gasteiger partial charge >= 0.3 is 6.18 Å². The van der Waals surface area contributed by atoms with Gasteiger partial charge in [0.1, 0.15) is 11.9 Å². The third kappa shape index (κ3) is 4.45. The fourth-order valence-electron chi connectivity index (χ4n) is 11.0. The Hall–Kier alpha value is -1.73. The molecule has 5 aliphatic carbocycles. The lowest BCUT2D eigenvalue weighted by Gasteiger charge is -2.72. The van der Waals surface area contributed by atoms with E-state index >= 15 is 0 Å². The number of alkyl halides is 3. The van der Waals surface area contributed by atoms with Crippen LogP contribution in [0.1, 0.15) is 99.8 Å². The third-order valence-corrected chi connectivity index (χ3v) is 14.6. The van der Waals surface area contributed by atoms with Crippen molar-refractivity contribution in [1.29, 1.82) is 5.26 Å². The summed E-state index contributed by atoms with van der Waals surface area (Å²) in [5.74, 6) is -3.14. The monoisotopic (exact) mass is 610 g/mol. The van der Waals surface area contributed by atoms with Crippen LogP contribution in [0.2, 0.25) is 0 Å². The van der Waals surface area contributed by atoms with Crippen molar-refractivity contribution >= 4 is 21.6 Å². The van der Waals surface area contributed by atoms with Crippen molar-refractivity contribution in [1.82, 2.24) is 4.72 Å². The maximum Gasteiger partial charge on any atom is 0.404 e. The Bertz CT molecular complexity index is 1390. The molecule has 2 unspecified atom stereocenters. The Balaban J connectivity index is 1.60. The molecule has 0 aromatic heterocycles. The van der Waals surface area contributed by atoms with Gasteiger partial charge in [0, 0.05) is 23.3 Å². The van der Waals surface area contributed by atoms with E-state index in [1.54, 1.807) is 0 Å². The van der Waals surface area contributed by atoms with E-state index in [9.17, 15) is 36.4 Å². The maximum atomic E-state index is 14.5. The molecule has 0 amide bonds. The summed E-state index contributed by atoms with van der Waals surface area (Å²) in [6.07, 6.45) is 1.24. The second-order valence-electron chi connectivity index (χ2n) is 16.3. The van der Waals surface area contributed by atoms with Gasteiger partial charge in [-0.15, -0.1) is 0 Å². The number of fused-ring (bicyclic) bond motifs is 7. The van der Waals surface area contributed by atoms with Crippen molar-refractivity contribution in [2.24, 2.45) is 50.7 Å². The summed E-state index contributed by atoms with van der Waals surface area (Å²) in [7, 11) is -4.68. The lowest BCUT2D eigenvalue weighted by molar-refractivity contribution is -0.214. The first-order valence-electron chi connectivity index (χ1n) is 15.3. The molecule has 234 valence electrons. The van der Waals surface area contributed by atoms with Gasteiger partial charge in [-0.3, -0.25) is 9.59 Å². The molecule has 0 radical (unpaired) electrons. The highest BCUT2D eigenvalue weighted by molar-refractivity contribution is 7.89. The highest BCUT2D eigenvalue weighted by Crippen LogP contribution is 2.74. The zero-order chi connectivity index (χ0) is 31.5. The molecular formula is C32H45F3N2O4S. The van der Waals surface area contributed by atoms with Gasteiger partial charge in [0.25, 0.3) is 0 Å². The van der Waals surface area contributed by atoms with Crippen molar-refractivity contribution < 1.29 is 31.2 Å². The molecule has 10 heteroatoms. The van der Waals surface area contributed by atoms with Gasteiger partial charge < -0.3 is 0 Å². The summed E-state index contributed by atoms with van der Waals surface area (Å²) in [6.45, 7) is 14.5. The van der Waals surface area contributed by atoms with Crippen molar-refractivity contribution in [3.8, 4) is 6.07 Å². The highest BCUT2D eigenvalue weighted by Gasteiger charge is 2.72. The minimum absolute atomic E-state index is 0.0326. The van der Waals surface area contributed by atoms with Crippen molar-refractivity contribution in [3.05, 3.63) is 11.6 Å². The number of sulfonamides is 1. The molecule has 0 aromatic carbocycles. The molecule has 0 aromatic rings. The number of hydrogen-bond donors (Lipinski definition) is 1. The molecule has 5 rings (SSSR count). The fourth-order valence-corrected chi connectivity index (χ4v) is 12.5. The Morgan fingerprint density at radius 1 is 0.952 bits per heavy atom. The first-order chi connectivity index (χ1) is 19.0. The maximum absolute atomic E-state index is 14.5. The summed E-state index contributed by atoms with van der Waals surface area (Å²) < 4.78 is 68.2. The van der Waals surface area contributed by atoms with Crippen LogP contribution in [0.5, 0.6) is 0 Å². The van der Waals surface area contributed by atoms with Gasteiger partial charge in [-0.1, -0.05) is 54.5 Å². The highest BCUT2D eigenvalue weighted by atomic mass is 32.2. The van der Waals surface area contributed by atoms with Crippen molar-refractivity contribution in [2.45, 2.75) is 112 Å². The molecule has 0 heterocycles. The minimum atomic E-state index is -4.87. The van der Waals surface area contributed by atoms with Crippen molar-refractivity contribution in [3.63, 3.8) is 0 Å². The van der Waals surface area contributed by atoms with Crippen LogP contribution in [0.4, 0.5) is 13.2 Å². The van der Waals surface area contributed by atoms with E-state index in [2.05, 4.69) is 45.4 Å². The first kappa shape index (κ1) is 31.7. The number of carbonyl (C=O) groups excluding carboxylic acids is 2. The molecular weight excluding hydrogens is 565 g/mol. The number of Topliss-reactive ketones (excluding diaryl/α,β-unsaturated/α-hetero) is 2. The second-order valence-corrected chi connectivity index (χ2v) is 18.0. The Morgan fingerprint density at radius 3 is 2.17 bits per heavy atom. The summed E-state index contributed by atoms with van der Waals surface area (Å²) >= 11 is 0. The molecule has 4 saturated carbocycles. The number of rotatable bonds is 3. The van der Waals surface area contributed by atoms with E-state index in [4.69, 9.17) is 0 Å². The van der Waals surface area contributed by atoms with E-state index < -0.39 is 55.6 Å². The van der Waals surface area contributed by atoms with Gasteiger partial charge in [0.15, 0.2) is 11.5 Å². The normalized spacial score (nSPS) is 44.5. The van der Waals surface area contributed by atoms with Gasteiger partial charge in [-0.05, 0) is 84.4 Å². The molecule has 0 bridgehead atoms. The summed E-state index contributed by atoms with van der Waals surface area (Å²) in [5, 5.41) is 9.89. The number of hydrogen-bond acceptors (Lipinski definition) is 5. The predicted molar refractivity (Wildman–Crippen MR) is 152 cm³/mol. The zero-order valence-electron chi connectivity index (χ0n) is 25.9. The van der Waals surface area contributed by atoms with E-state index in [1.807, 2.05) is 19.9 Å². The lowest BCUT2D eigenvalue weighted by Crippen LogP contribution is -2.72. The predicted octanol–water partition coefficient (Wildman–Crippen LogP) is 6.52. The van der Waals surface area contributed by atoms with Gasteiger partial charge in [-0.25, -0.2) is 13.1 Å². The van der Waals surface area contributed by atoms with Gasteiger partial charge in [-0.2, -0.15) is 18.4 Å². The van der Waals surface area contributed by atoms with Gasteiger partial charge in [0.2, 0.25) is 10.0 Å². The number of halogens is 3. The van der Waals surface area contributed by atoms with Crippen LogP contribution in [0.25, 0.3) is 0 Å². The van der Waals surface area contributed by atoms with Crippen LogP contribution in [0.3, 0.4) is 0 Å². The Labute approximate surface area is 248 Å². The van der Waals surface area contributed by atoms with Crippen LogP contribution in [0.15, 0.2) is 11.6 Å². The summed E-state index contributed by atoms with van der Waals surface area (Å²) in [5.41, 5.74) is -3.33. The Morgan fingerprint density at radius 2 is 1.57 bits per heavy atom. The molecule has 0 aliphatic heterocycles. The number of nitriles is 1. The average molecular weight is 611 g/mol. The fraction of sp³-hybridized carbons (Fsp3) is 0.844. The molecule has 4 fully saturated rings. The number of carbonyl (C=O) groups is 2. The molecule has 8 atom stereocenters. The van der Waals surface area contributed by atoms with Crippen LogP contribution in [0, 0.1) is 62.1 Å². The molecule has 0 spiro atoms. The molecule has 5 aliphatic rings. The smallest absolute Gasteiger partial charge is 0.299 e. The number of nitrogens with zero attached hydrogens (tertiary/aromatic N) is 1. The number of ketones is 2. The van der Waals surface area contributed by atoms with Crippen LogP contribution < -0.4 is 4.72 Å². The molecule has 0 saturated heterocycles. The standard InChI is InChI=1S/C32H45F3N2O4S/c1-26(2)10-12-31(37-42(40,41)18-32(33,34)35)13-11-30(7)24(20(31)16-26)21(38)14-23-28(5)15-19(17-36)25(39)27(3,4)22(28)8-9-29(23,30)6/h15,20,22-24,37H,8-14,16,18H2,1-7H3/t20?,22-,23+,24?,28-,29+,30+,31-/m0/s1. The quantitative estimate of drug-likeness (QED) is 0.392. The SMILES string of the molecule is CC1(C)CC[C@]2(NS(=O)(=O)CC(F)(F)F)CC[C@]3(C)C(C(=O)C[C@@H]4[C@@]5(C)C=C(C#N)C(=O)C(C)(C)[C@@H]5CC[C@]43C)C2C1. The molecule has 6 nitrogen and oxygen atoms in total. The number of nitrogens with one attached hydrogen (secondary N) is 1. The number of allylic oxidation sites excluding steroid dienone is 2. The largest absolute Gasteiger partial charge is 0.404 e. The minimum Gasteiger partial charge on any atom is -0.299 e. The van der Waals surface area contributed by atoms with Crippen molar-refractivity contribution in [2.75, 3.05) is 5.75 Å². The van der Waals surface area contributed by atoms with E-state index in [-0.39, 0.29) is 46.2 Å². The van der Waals surface area contributed by atoms with E-state index in [0.29, 0.717) is 32.1 Å². The third-order valence-electron chi connectivity index (χ3n) is 13.2. The average Bonchev–Trinajstić information content (AvgIpc) is 2.82. The topological polar surface area (TPSA) is 104 Å². The van der Waals surface area contributed by atoms with Crippen LogP contribution in [-0.4, -0.2) is 37.5 Å². The summed E-state index contributed by atoms with van der Waals surface area (Å²) in [6, 6.07) is 2.12.